The molecule has 0 fully saturated rings. The lowest BCUT2D eigenvalue weighted by Gasteiger charge is -2.14. The maximum atomic E-state index is 5.76. The van der Waals surface area contributed by atoms with Crippen molar-refractivity contribution in [1.82, 2.24) is 9.97 Å². The third-order valence-corrected chi connectivity index (χ3v) is 2.59. The van der Waals surface area contributed by atoms with E-state index in [1.807, 2.05) is 31.2 Å². The molecular formula is C12H13ClN4. The molecule has 88 valence electrons. The van der Waals surface area contributed by atoms with Crippen molar-refractivity contribution in [2.24, 2.45) is 0 Å². The van der Waals surface area contributed by atoms with Gasteiger partial charge in [0, 0.05) is 11.7 Å². The van der Waals surface area contributed by atoms with Crippen LogP contribution in [0.5, 0.6) is 0 Å². The summed E-state index contributed by atoms with van der Waals surface area (Å²) in [6, 6.07) is 7.81. The first-order valence-electron chi connectivity index (χ1n) is 5.24. The molecule has 17 heavy (non-hydrogen) atoms. The summed E-state index contributed by atoms with van der Waals surface area (Å²) in [5.41, 5.74) is 7.52. The molecule has 0 aliphatic rings. The highest BCUT2D eigenvalue weighted by Gasteiger charge is 2.06. The first kappa shape index (κ1) is 11.7. The molecule has 0 radical (unpaired) electrons. The molecule has 1 heterocycles. The summed E-state index contributed by atoms with van der Waals surface area (Å²) in [4.78, 5) is 8.09. The van der Waals surface area contributed by atoms with Gasteiger partial charge in [0.1, 0.15) is 11.0 Å². The van der Waals surface area contributed by atoms with Crippen LogP contribution in [0.3, 0.4) is 0 Å². The number of aromatic nitrogens is 2. The van der Waals surface area contributed by atoms with E-state index in [0.29, 0.717) is 11.0 Å². The largest absolute Gasteiger partial charge is 0.399 e. The number of nitrogens with two attached hydrogens (primary N) is 1. The molecule has 1 aromatic heterocycles. The van der Waals surface area contributed by atoms with Gasteiger partial charge in [-0.05, 0) is 24.6 Å². The van der Waals surface area contributed by atoms with Gasteiger partial charge in [-0.1, -0.05) is 23.7 Å². The number of nitrogens with one attached hydrogen (secondary N) is 1. The minimum atomic E-state index is 0.114. The molecule has 1 aromatic carbocycles. The van der Waals surface area contributed by atoms with Gasteiger partial charge in [0.15, 0.2) is 0 Å². The zero-order valence-electron chi connectivity index (χ0n) is 9.39. The van der Waals surface area contributed by atoms with Crippen molar-refractivity contribution in [1.29, 1.82) is 0 Å². The molecule has 2 rings (SSSR count). The van der Waals surface area contributed by atoms with E-state index in [0.717, 1.165) is 11.3 Å². The second-order valence-corrected chi connectivity index (χ2v) is 4.15. The molecule has 0 aliphatic carbocycles. The van der Waals surface area contributed by atoms with E-state index in [2.05, 4.69) is 15.3 Å². The number of anilines is 2. The van der Waals surface area contributed by atoms with Gasteiger partial charge in [-0.25, -0.2) is 4.98 Å². The third kappa shape index (κ3) is 3.07. The molecule has 0 spiro atoms. The molecule has 3 N–H and O–H groups in total. The van der Waals surface area contributed by atoms with Crippen molar-refractivity contribution >= 4 is 23.1 Å². The zero-order valence-corrected chi connectivity index (χ0v) is 10.1. The lowest BCUT2D eigenvalue weighted by Crippen LogP contribution is -2.08. The number of nitrogens with zero attached hydrogens (tertiary/aromatic N) is 2. The Kier molecular flexibility index (Phi) is 3.44. The SMILES string of the molecule is CC(Nc1cncc(Cl)n1)c1ccc(N)cc1. The van der Waals surface area contributed by atoms with Crippen molar-refractivity contribution in [3.63, 3.8) is 0 Å². The van der Waals surface area contributed by atoms with Gasteiger partial charge in [0.2, 0.25) is 0 Å². The molecule has 0 saturated heterocycles. The number of benzene rings is 1. The lowest BCUT2D eigenvalue weighted by molar-refractivity contribution is 0.872. The van der Waals surface area contributed by atoms with Gasteiger partial charge in [-0.3, -0.25) is 4.98 Å². The minimum Gasteiger partial charge on any atom is -0.399 e. The second-order valence-electron chi connectivity index (χ2n) is 3.76. The van der Waals surface area contributed by atoms with Gasteiger partial charge >= 0.3 is 0 Å². The van der Waals surface area contributed by atoms with Crippen LogP contribution >= 0.6 is 11.6 Å². The van der Waals surface area contributed by atoms with E-state index < -0.39 is 0 Å². The molecular weight excluding hydrogens is 236 g/mol. The average Bonchev–Trinajstić information content (AvgIpc) is 2.29. The van der Waals surface area contributed by atoms with Crippen LogP contribution in [0.25, 0.3) is 0 Å². The van der Waals surface area contributed by atoms with Crippen LogP contribution in [0, 0.1) is 0 Å². The highest BCUT2D eigenvalue weighted by molar-refractivity contribution is 6.29. The van der Waals surface area contributed by atoms with Crippen LogP contribution < -0.4 is 11.1 Å². The molecule has 4 nitrogen and oxygen atoms in total. The van der Waals surface area contributed by atoms with E-state index in [1.165, 1.54) is 6.20 Å². The van der Waals surface area contributed by atoms with Crippen LogP contribution in [-0.4, -0.2) is 9.97 Å². The number of nitrogen functional groups attached to an aromatic ring is 1. The highest BCUT2D eigenvalue weighted by Crippen LogP contribution is 2.19. The summed E-state index contributed by atoms with van der Waals surface area (Å²) in [6.45, 7) is 2.04. The highest BCUT2D eigenvalue weighted by atomic mass is 35.5. The molecule has 1 atom stereocenters. The Balaban J connectivity index is 2.11. The van der Waals surface area contributed by atoms with Crippen LogP contribution in [0.4, 0.5) is 11.5 Å². The summed E-state index contributed by atoms with van der Waals surface area (Å²) in [6.07, 6.45) is 3.14. The number of rotatable bonds is 3. The molecule has 2 aromatic rings. The van der Waals surface area contributed by atoms with Crippen molar-refractivity contribution in [2.75, 3.05) is 11.1 Å². The van der Waals surface area contributed by atoms with Crippen molar-refractivity contribution in [3.8, 4) is 0 Å². The van der Waals surface area contributed by atoms with Crippen molar-refractivity contribution in [3.05, 3.63) is 47.4 Å². The van der Waals surface area contributed by atoms with Crippen molar-refractivity contribution in [2.45, 2.75) is 13.0 Å². The van der Waals surface area contributed by atoms with Gasteiger partial charge in [0.05, 0.1) is 12.4 Å². The summed E-state index contributed by atoms with van der Waals surface area (Å²) in [5.74, 6) is 0.654. The van der Waals surface area contributed by atoms with Crippen LogP contribution in [0.15, 0.2) is 36.7 Å². The van der Waals surface area contributed by atoms with E-state index in [9.17, 15) is 0 Å². The lowest BCUT2D eigenvalue weighted by atomic mass is 10.1. The normalized spacial score (nSPS) is 12.1. The van der Waals surface area contributed by atoms with Crippen LogP contribution in [0.1, 0.15) is 18.5 Å². The Morgan fingerprint density at radius 3 is 2.59 bits per heavy atom. The van der Waals surface area contributed by atoms with Gasteiger partial charge in [-0.2, -0.15) is 0 Å². The van der Waals surface area contributed by atoms with Crippen LogP contribution in [-0.2, 0) is 0 Å². The van der Waals surface area contributed by atoms with E-state index in [-0.39, 0.29) is 6.04 Å². The molecule has 0 bridgehead atoms. The van der Waals surface area contributed by atoms with E-state index in [1.54, 1.807) is 6.20 Å². The maximum absolute atomic E-state index is 5.76. The quantitative estimate of drug-likeness (QED) is 0.820. The molecule has 5 heteroatoms. The first-order valence-corrected chi connectivity index (χ1v) is 5.62. The Labute approximate surface area is 105 Å². The Hall–Kier alpha value is -1.81. The molecule has 1 unspecified atom stereocenters. The predicted octanol–water partition coefficient (Wildman–Crippen LogP) is 2.89. The Bertz CT molecular complexity index is 498. The number of hydrogen-bond acceptors (Lipinski definition) is 4. The monoisotopic (exact) mass is 248 g/mol. The smallest absolute Gasteiger partial charge is 0.149 e. The van der Waals surface area contributed by atoms with Gasteiger partial charge in [-0.15, -0.1) is 0 Å². The number of hydrogen-bond donors (Lipinski definition) is 2. The predicted molar refractivity (Wildman–Crippen MR) is 69.9 cm³/mol. The molecule has 0 amide bonds. The minimum absolute atomic E-state index is 0.114. The topological polar surface area (TPSA) is 63.8 Å². The fourth-order valence-electron chi connectivity index (χ4n) is 1.50. The first-order chi connectivity index (χ1) is 8.15. The number of halogens is 1. The third-order valence-electron chi connectivity index (χ3n) is 2.41. The summed E-state index contributed by atoms with van der Waals surface area (Å²) >= 11 is 5.76. The van der Waals surface area contributed by atoms with E-state index in [4.69, 9.17) is 17.3 Å². The maximum Gasteiger partial charge on any atom is 0.149 e. The average molecular weight is 249 g/mol. The fraction of sp³-hybridized carbons (Fsp3) is 0.167. The molecule has 0 aliphatic heterocycles. The molecule has 0 saturated carbocycles. The van der Waals surface area contributed by atoms with Gasteiger partial charge in [0.25, 0.3) is 0 Å². The van der Waals surface area contributed by atoms with E-state index >= 15 is 0 Å². The van der Waals surface area contributed by atoms with Crippen LogP contribution in [0.2, 0.25) is 5.15 Å². The van der Waals surface area contributed by atoms with Gasteiger partial charge < -0.3 is 11.1 Å². The fourth-order valence-corrected chi connectivity index (χ4v) is 1.65. The zero-order chi connectivity index (χ0) is 12.3. The van der Waals surface area contributed by atoms with Crippen molar-refractivity contribution < 1.29 is 0 Å². The summed E-state index contributed by atoms with van der Waals surface area (Å²) < 4.78 is 0. The second kappa shape index (κ2) is 5.01. The standard InChI is InChI=1S/C12H13ClN4/c1-8(9-2-4-10(14)5-3-9)16-12-7-15-6-11(13)17-12/h2-8H,14H2,1H3,(H,16,17). The Morgan fingerprint density at radius 1 is 1.24 bits per heavy atom. The Morgan fingerprint density at radius 2 is 1.94 bits per heavy atom. The summed E-state index contributed by atoms with van der Waals surface area (Å²) in [7, 11) is 0. The summed E-state index contributed by atoms with van der Waals surface area (Å²) in [5, 5.41) is 3.59.